The van der Waals surface area contributed by atoms with Crippen molar-refractivity contribution in [3.05, 3.63) is 69.8 Å². The van der Waals surface area contributed by atoms with Crippen LogP contribution >= 0.6 is 15.9 Å². The molecule has 2 aromatic carbocycles. The van der Waals surface area contributed by atoms with Gasteiger partial charge < -0.3 is 9.73 Å². The second-order valence-corrected chi connectivity index (χ2v) is 7.50. The average Bonchev–Trinajstić information content (AvgIpc) is 3.22. The van der Waals surface area contributed by atoms with E-state index in [1.165, 1.54) is 0 Å². The third-order valence-corrected chi connectivity index (χ3v) is 5.31. The fourth-order valence-corrected chi connectivity index (χ4v) is 4.06. The first-order valence-corrected chi connectivity index (χ1v) is 9.40. The number of amides is 1. The summed E-state index contributed by atoms with van der Waals surface area (Å²) in [6, 6.07) is 15.9. The fraction of sp³-hybridized carbons (Fsp3) is 0.150. The molecule has 4 aromatic rings. The van der Waals surface area contributed by atoms with E-state index < -0.39 is 0 Å². The Morgan fingerprint density at radius 2 is 2.07 bits per heavy atom. The molecule has 0 bridgehead atoms. The number of nitrogens with one attached hydrogen (secondary N) is 1. The lowest BCUT2D eigenvalue weighted by atomic mass is 9.86. The van der Waals surface area contributed by atoms with Crippen LogP contribution in [0.2, 0.25) is 0 Å². The number of hydrogen-bond acceptors (Lipinski definition) is 4. The van der Waals surface area contributed by atoms with Gasteiger partial charge in [-0.15, -0.1) is 0 Å². The van der Waals surface area contributed by atoms with E-state index >= 15 is 0 Å². The van der Waals surface area contributed by atoms with Gasteiger partial charge in [-0.05, 0) is 36.8 Å². The molecule has 0 saturated heterocycles. The van der Waals surface area contributed by atoms with Crippen molar-refractivity contribution >= 4 is 38.8 Å². The van der Waals surface area contributed by atoms with Gasteiger partial charge in [0.1, 0.15) is 11.3 Å². The molecule has 1 aliphatic rings. The van der Waals surface area contributed by atoms with Crippen LogP contribution in [-0.2, 0) is 4.79 Å². The Kier molecular flexibility index (Phi) is 3.65. The van der Waals surface area contributed by atoms with Gasteiger partial charge in [-0.3, -0.25) is 4.79 Å². The Bertz CT molecular complexity index is 1160. The normalized spacial score (nSPS) is 16.4. The number of aromatic nitrogens is 3. The van der Waals surface area contributed by atoms with Crippen molar-refractivity contribution in [1.82, 2.24) is 14.8 Å². The standard InChI is InChI=1S/C20H15BrN4O2/c1-11-18-14(12-5-4-6-13(21)9-12)10-17(26)23-19(18)25(24-11)20-22-15-7-2-3-8-16(15)27-20/h2-9,14H,10H2,1H3,(H,23,26)/t14-/m0/s1. The largest absolute Gasteiger partial charge is 0.422 e. The molecule has 0 aliphatic carbocycles. The highest BCUT2D eigenvalue weighted by Gasteiger charge is 2.33. The minimum Gasteiger partial charge on any atom is -0.422 e. The van der Waals surface area contributed by atoms with Crippen molar-refractivity contribution in [3.8, 4) is 6.01 Å². The number of fused-ring (bicyclic) bond motifs is 2. The van der Waals surface area contributed by atoms with E-state index in [9.17, 15) is 4.79 Å². The van der Waals surface area contributed by atoms with Gasteiger partial charge >= 0.3 is 6.01 Å². The predicted molar refractivity (Wildman–Crippen MR) is 105 cm³/mol. The molecule has 1 aliphatic heterocycles. The zero-order valence-electron chi connectivity index (χ0n) is 14.4. The van der Waals surface area contributed by atoms with Crippen LogP contribution in [0.5, 0.6) is 0 Å². The first-order valence-electron chi connectivity index (χ1n) is 8.61. The summed E-state index contributed by atoms with van der Waals surface area (Å²) < 4.78 is 8.43. The van der Waals surface area contributed by atoms with Crippen molar-refractivity contribution in [2.75, 3.05) is 5.32 Å². The fourth-order valence-electron chi connectivity index (χ4n) is 3.64. The van der Waals surface area contributed by atoms with Crippen LogP contribution in [0.3, 0.4) is 0 Å². The monoisotopic (exact) mass is 422 g/mol. The number of aryl methyl sites for hydroxylation is 1. The van der Waals surface area contributed by atoms with Crippen LogP contribution in [0.15, 0.2) is 57.4 Å². The Morgan fingerprint density at radius 1 is 1.22 bits per heavy atom. The number of oxazole rings is 1. The number of carbonyl (C=O) groups excluding carboxylic acids is 1. The minimum atomic E-state index is -0.0654. The summed E-state index contributed by atoms with van der Waals surface area (Å²) in [5, 5.41) is 7.58. The molecule has 0 unspecified atom stereocenters. The van der Waals surface area contributed by atoms with Crippen molar-refractivity contribution < 1.29 is 9.21 Å². The SMILES string of the molecule is Cc1nn(-c2nc3ccccc3o2)c2c1[C@H](c1cccc(Br)c1)CC(=O)N2. The summed E-state index contributed by atoms with van der Waals surface area (Å²) in [7, 11) is 0. The van der Waals surface area contributed by atoms with Crippen molar-refractivity contribution in [3.63, 3.8) is 0 Å². The molecule has 6 nitrogen and oxygen atoms in total. The van der Waals surface area contributed by atoms with E-state index in [-0.39, 0.29) is 11.8 Å². The summed E-state index contributed by atoms with van der Waals surface area (Å²) >= 11 is 3.52. The maximum Gasteiger partial charge on any atom is 0.325 e. The molecule has 2 aromatic heterocycles. The topological polar surface area (TPSA) is 73.0 Å². The Balaban J connectivity index is 1.69. The summed E-state index contributed by atoms with van der Waals surface area (Å²) in [6.45, 7) is 1.94. The number of rotatable bonds is 2. The Hall–Kier alpha value is -2.93. The van der Waals surface area contributed by atoms with Gasteiger partial charge in [-0.1, -0.05) is 40.2 Å². The van der Waals surface area contributed by atoms with Crippen LogP contribution < -0.4 is 5.32 Å². The Morgan fingerprint density at radius 3 is 2.89 bits per heavy atom. The number of halogens is 1. The molecule has 0 fully saturated rings. The van der Waals surface area contributed by atoms with Gasteiger partial charge in [0, 0.05) is 22.4 Å². The van der Waals surface area contributed by atoms with E-state index in [4.69, 9.17) is 4.42 Å². The average molecular weight is 423 g/mol. The molecular weight excluding hydrogens is 408 g/mol. The molecule has 0 spiro atoms. The van der Waals surface area contributed by atoms with Crippen molar-refractivity contribution in [1.29, 1.82) is 0 Å². The highest BCUT2D eigenvalue weighted by molar-refractivity contribution is 9.10. The molecule has 1 N–H and O–H groups in total. The van der Waals surface area contributed by atoms with Gasteiger partial charge in [0.15, 0.2) is 5.58 Å². The minimum absolute atomic E-state index is 0.0512. The quantitative estimate of drug-likeness (QED) is 0.513. The van der Waals surface area contributed by atoms with Crippen LogP contribution in [0.1, 0.15) is 29.2 Å². The molecule has 1 amide bonds. The molecule has 0 saturated carbocycles. The van der Waals surface area contributed by atoms with Crippen LogP contribution in [-0.4, -0.2) is 20.7 Å². The maximum atomic E-state index is 12.4. The van der Waals surface area contributed by atoms with Crippen LogP contribution in [0, 0.1) is 6.92 Å². The lowest BCUT2D eigenvalue weighted by Gasteiger charge is -2.24. The van der Waals surface area contributed by atoms with Gasteiger partial charge in [0.05, 0.1) is 5.69 Å². The van der Waals surface area contributed by atoms with Gasteiger partial charge in [-0.2, -0.15) is 14.8 Å². The van der Waals surface area contributed by atoms with Crippen LogP contribution in [0.25, 0.3) is 17.1 Å². The molecule has 7 heteroatoms. The molecule has 134 valence electrons. The van der Waals surface area contributed by atoms with E-state index in [1.54, 1.807) is 4.68 Å². The van der Waals surface area contributed by atoms with Gasteiger partial charge in [-0.25, -0.2) is 0 Å². The van der Waals surface area contributed by atoms with E-state index in [2.05, 4.69) is 31.3 Å². The number of benzene rings is 2. The highest BCUT2D eigenvalue weighted by Crippen LogP contribution is 2.40. The summed E-state index contributed by atoms with van der Waals surface area (Å²) in [4.78, 5) is 17.0. The molecule has 0 radical (unpaired) electrons. The summed E-state index contributed by atoms with van der Waals surface area (Å²) in [5.74, 6) is 0.509. The number of nitrogens with zero attached hydrogens (tertiary/aromatic N) is 3. The lowest BCUT2D eigenvalue weighted by Crippen LogP contribution is -2.25. The molecule has 1 atom stereocenters. The molecule has 27 heavy (non-hydrogen) atoms. The first-order chi connectivity index (χ1) is 13.1. The zero-order valence-corrected chi connectivity index (χ0v) is 16.0. The van der Waals surface area contributed by atoms with Crippen LogP contribution in [0.4, 0.5) is 5.82 Å². The third-order valence-electron chi connectivity index (χ3n) is 4.82. The second-order valence-electron chi connectivity index (χ2n) is 6.58. The highest BCUT2D eigenvalue weighted by atomic mass is 79.9. The number of anilines is 1. The van der Waals surface area contributed by atoms with Crippen molar-refractivity contribution in [2.24, 2.45) is 0 Å². The van der Waals surface area contributed by atoms with Gasteiger partial charge in [0.2, 0.25) is 5.91 Å². The third kappa shape index (κ3) is 2.66. The van der Waals surface area contributed by atoms with Crippen molar-refractivity contribution in [2.45, 2.75) is 19.3 Å². The van der Waals surface area contributed by atoms with E-state index in [0.29, 0.717) is 23.8 Å². The molecule has 5 rings (SSSR count). The van der Waals surface area contributed by atoms with E-state index in [0.717, 1.165) is 26.8 Å². The second kappa shape index (κ2) is 6.06. The number of carbonyl (C=O) groups is 1. The first kappa shape index (κ1) is 16.3. The lowest BCUT2D eigenvalue weighted by molar-refractivity contribution is -0.116. The number of para-hydroxylation sites is 2. The molecular formula is C20H15BrN4O2. The summed E-state index contributed by atoms with van der Waals surface area (Å²) in [6.07, 6.45) is 0.379. The van der Waals surface area contributed by atoms with E-state index in [1.807, 2.05) is 55.5 Å². The zero-order chi connectivity index (χ0) is 18.5. The number of hydrogen-bond donors (Lipinski definition) is 1. The predicted octanol–water partition coefficient (Wildman–Crippen LogP) is 4.56. The van der Waals surface area contributed by atoms with Gasteiger partial charge in [0.25, 0.3) is 0 Å². The summed E-state index contributed by atoms with van der Waals surface area (Å²) in [5.41, 5.74) is 4.34. The Labute approximate surface area is 163 Å². The smallest absolute Gasteiger partial charge is 0.325 e. The molecule has 3 heterocycles. The maximum absolute atomic E-state index is 12.4.